The zero-order chi connectivity index (χ0) is 14.8. The van der Waals surface area contributed by atoms with Crippen LogP contribution in [0.2, 0.25) is 5.02 Å². The Morgan fingerprint density at radius 3 is 2.20 bits per heavy atom. The summed E-state index contributed by atoms with van der Waals surface area (Å²) in [4.78, 5) is 12.5. The molecule has 1 aromatic rings. The average molecular weight is 319 g/mol. The maximum atomic E-state index is 12.4. The standard InChI is InChI=1S/C12H15ClN2O4S/c13-10-1-3-11(4-2-10)20(18,19)15-7-5-14(6-8-15)9-12(16)17/h1-4H,5-9H2,(H,16,17). The van der Waals surface area contributed by atoms with Gasteiger partial charge in [0.25, 0.3) is 0 Å². The maximum absolute atomic E-state index is 12.4. The highest BCUT2D eigenvalue weighted by Crippen LogP contribution is 2.19. The smallest absolute Gasteiger partial charge is 0.317 e. The molecule has 1 saturated heterocycles. The van der Waals surface area contributed by atoms with Crippen molar-refractivity contribution in [1.82, 2.24) is 9.21 Å². The molecule has 8 heteroatoms. The highest BCUT2D eigenvalue weighted by molar-refractivity contribution is 7.89. The SMILES string of the molecule is O=C(O)CN1CCN(S(=O)(=O)c2ccc(Cl)cc2)CC1. The Morgan fingerprint density at radius 2 is 1.70 bits per heavy atom. The highest BCUT2D eigenvalue weighted by Gasteiger charge is 2.28. The van der Waals surface area contributed by atoms with E-state index in [9.17, 15) is 13.2 Å². The second kappa shape index (κ2) is 6.09. The fraction of sp³-hybridized carbons (Fsp3) is 0.417. The van der Waals surface area contributed by atoms with Crippen LogP contribution in [0, 0.1) is 0 Å². The molecule has 1 aliphatic rings. The van der Waals surface area contributed by atoms with E-state index in [2.05, 4.69) is 0 Å². The molecule has 110 valence electrons. The number of aliphatic carboxylic acids is 1. The van der Waals surface area contributed by atoms with E-state index in [-0.39, 0.29) is 24.5 Å². The predicted octanol–water partition coefficient (Wildman–Crippen LogP) is 0.731. The van der Waals surface area contributed by atoms with Gasteiger partial charge in [-0.15, -0.1) is 0 Å². The van der Waals surface area contributed by atoms with Gasteiger partial charge in [-0.1, -0.05) is 11.6 Å². The molecule has 2 rings (SSSR count). The van der Waals surface area contributed by atoms with Crippen molar-refractivity contribution in [3.63, 3.8) is 0 Å². The summed E-state index contributed by atoms with van der Waals surface area (Å²) in [5.41, 5.74) is 0. The minimum Gasteiger partial charge on any atom is -0.480 e. The molecule has 0 spiro atoms. The van der Waals surface area contributed by atoms with Crippen LogP contribution >= 0.6 is 11.6 Å². The normalized spacial score (nSPS) is 18.1. The van der Waals surface area contributed by atoms with E-state index in [1.807, 2.05) is 0 Å². The van der Waals surface area contributed by atoms with Crippen LogP contribution in [0.4, 0.5) is 0 Å². The highest BCUT2D eigenvalue weighted by atomic mass is 35.5. The first-order valence-corrected chi connectivity index (χ1v) is 7.91. The summed E-state index contributed by atoms with van der Waals surface area (Å²) < 4.78 is 26.1. The van der Waals surface area contributed by atoms with Gasteiger partial charge in [0.05, 0.1) is 11.4 Å². The maximum Gasteiger partial charge on any atom is 0.317 e. The van der Waals surface area contributed by atoms with Gasteiger partial charge in [0.15, 0.2) is 0 Å². The monoisotopic (exact) mass is 318 g/mol. The molecule has 0 saturated carbocycles. The molecule has 0 unspecified atom stereocenters. The number of sulfonamides is 1. The summed E-state index contributed by atoms with van der Waals surface area (Å²) in [5.74, 6) is -0.904. The molecule has 1 N–H and O–H groups in total. The van der Waals surface area contributed by atoms with Crippen molar-refractivity contribution in [2.45, 2.75) is 4.90 Å². The van der Waals surface area contributed by atoms with E-state index in [0.717, 1.165) is 0 Å². The van der Waals surface area contributed by atoms with E-state index >= 15 is 0 Å². The third-order valence-corrected chi connectivity index (χ3v) is 5.31. The lowest BCUT2D eigenvalue weighted by molar-refractivity contribution is -0.138. The molecule has 0 aliphatic carbocycles. The number of rotatable bonds is 4. The van der Waals surface area contributed by atoms with E-state index in [0.29, 0.717) is 18.1 Å². The lowest BCUT2D eigenvalue weighted by Crippen LogP contribution is -2.49. The lowest BCUT2D eigenvalue weighted by Gasteiger charge is -2.32. The summed E-state index contributed by atoms with van der Waals surface area (Å²) in [5, 5.41) is 9.19. The van der Waals surface area contributed by atoms with Gasteiger partial charge in [-0.2, -0.15) is 4.31 Å². The van der Waals surface area contributed by atoms with Crippen molar-refractivity contribution < 1.29 is 18.3 Å². The largest absolute Gasteiger partial charge is 0.480 e. The van der Waals surface area contributed by atoms with Gasteiger partial charge in [0.1, 0.15) is 0 Å². The number of benzene rings is 1. The van der Waals surface area contributed by atoms with E-state index in [1.165, 1.54) is 28.6 Å². The van der Waals surface area contributed by atoms with Gasteiger partial charge in [-0.05, 0) is 24.3 Å². The molecule has 6 nitrogen and oxygen atoms in total. The van der Waals surface area contributed by atoms with Crippen molar-refractivity contribution in [1.29, 1.82) is 0 Å². The van der Waals surface area contributed by atoms with Gasteiger partial charge >= 0.3 is 5.97 Å². The number of halogens is 1. The summed E-state index contributed by atoms with van der Waals surface area (Å²) in [6.45, 7) is 1.35. The molecule has 1 heterocycles. The van der Waals surface area contributed by atoms with Crippen LogP contribution in [0.1, 0.15) is 0 Å². The van der Waals surface area contributed by atoms with Gasteiger partial charge in [0, 0.05) is 31.2 Å². The van der Waals surface area contributed by atoms with Crippen LogP contribution in [0.15, 0.2) is 29.2 Å². The first-order chi connectivity index (χ1) is 9.39. The van der Waals surface area contributed by atoms with Crippen LogP contribution in [0.5, 0.6) is 0 Å². The Balaban J connectivity index is 2.05. The fourth-order valence-corrected chi connectivity index (χ4v) is 3.62. The van der Waals surface area contributed by atoms with Crippen molar-refractivity contribution in [2.24, 2.45) is 0 Å². The van der Waals surface area contributed by atoms with Crippen LogP contribution in [0.3, 0.4) is 0 Å². The summed E-state index contributed by atoms with van der Waals surface area (Å²) >= 11 is 5.74. The molecule has 0 radical (unpaired) electrons. The third kappa shape index (κ3) is 3.49. The Labute approximate surface area is 122 Å². The number of piperazine rings is 1. The Bertz CT molecular complexity index is 580. The first-order valence-electron chi connectivity index (χ1n) is 6.09. The average Bonchev–Trinajstić information content (AvgIpc) is 2.39. The third-order valence-electron chi connectivity index (χ3n) is 3.14. The van der Waals surface area contributed by atoms with Gasteiger partial charge in [-0.25, -0.2) is 8.42 Å². The van der Waals surface area contributed by atoms with Crippen LogP contribution < -0.4 is 0 Å². The van der Waals surface area contributed by atoms with Crippen molar-refractivity contribution in [3.8, 4) is 0 Å². The van der Waals surface area contributed by atoms with Gasteiger partial charge in [-0.3, -0.25) is 9.69 Å². The molecular weight excluding hydrogens is 304 g/mol. The molecule has 0 atom stereocenters. The van der Waals surface area contributed by atoms with Gasteiger partial charge in [0.2, 0.25) is 10.0 Å². The summed E-state index contributed by atoms with van der Waals surface area (Å²) in [7, 11) is -3.53. The van der Waals surface area contributed by atoms with E-state index in [4.69, 9.17) is 16.7 Å². The van der Waals surface area contributed by atoms with Crippen LogP contribution in [-0.2, 0) is 14.8 Å². The summed E-state index contributed by atoms with van der Waals surface area (Å²) in [6.07, 6.45) is 0. The van der Waals surface area contributed by atoms with Crippen molar-refractivity contribution >= 4 is 27.6 Å². The molecule has 0 bridgehead atoms. The van der Waals surface area contributed by atoms with E-state index < -0.39 is 16.0 Å². The Kier molecular flexibility index (Phi) is 4.64. The number of hydrogen-bond acceptors (Lipinski definition) is 4. The summed E-state index contributed by atoms with van der Waals surface area (Å²) in [6, 6.07) is 6.02. The second-order valence-corrected chi connectivity index (χ2v) is 6.90. The first kappa shape index (κ1) is 15.2. The molecule has 1 aliphatic heterocycles. The molecule has 20 heavy (non-hydrogen) atoms. The van der Waals surface area contributed by atoms with Crippen LogP contribution in [-0.4, -0.2) is 61.4 Å². The van der Waals surface area contributed by atoms with Gasteiger partial charge < -0.3 is 5.11 Å². The predicted molar refractivity (Wildman–Crippen MR) is 74.3 cm³/mol. The molecule has 0 amide bonds. The van der Waals surface area contributed by atoms with Crippen molar-refractivity contribution in [3.05, 3.63) is 29.3 Å². The minimum absolute atomic E-state index is 0.0607. The zero-order valence-corrected chi connectivity index (χ0v) is 12.3. The van der Waals surface area contributed by atoms with E-state index in [1.54, 1.807) is 4.90 Å². The molecular formula is C12H15ClN2O4S. The molecule has 1 fully saturated rings. The lowest BCUT2D eigenvalue weighted by atomic mass is 10.3. The number of nitrogens with zero attached hydrogens (tertiary/aromatic N) is 2. The number of carbonyl (C=O) groups is 1. The minimum atomic E-state index is -3.53. The number of carboxylic acids is 1. The van der Waals surface area contributed by atoms with Crippen molar-refractivity contribution in [2.75, 3.05) is 32.7 Å². The molecule has 1 aromatic carbocycles. The number of hydrogen-bond donors (Lipinski definition) is 1. The molecule has 0 aromatic heterocycles. The Hall–Kier alpha value is -1.15. The number of carboxylic acid groups (broad SMARTS) is 1. The zero-order valence-electron chi connectivity index (χ0n) is 10.7. The topological polar surface area (TPSA) is 77.9 Å². The quantitative estimate of drug-likeness (QED) is 0.885. The fourth-order valence-electron chi connectivity index (χ4n) is 2.07. The van der Waals surface area contributed by atoms with Crippen LogP contribution in [0.25, 0.3) is 0 Å². The second-order valence-electron chi connectivity index (χ2n) is 4.53. The Morgan fingerprint density at radius 1 is 1.15 bits per heavy atom.